The van der Waals surface area contributed by atoms with Crippen LogP contribution in [0.5, 0.6) is 0 Å². The Balaban J connectivity index is 2.18. The predicted octanol–water partition coefficient (Wildman–Crippen LogP) is 2.98. The first-order chi connectivity index (χ1) is 10.0. The molecule has 0 aliphatic carbocycles. The van der Waals surface area contributed by atoms with Gasteiger partial charge < -0.3 is 5.32 Å². The van der Waals surface area contributed by atoms with Crippen LogP contribution in [0.1, 0.15) is 24.1 Å². The molecule has 21 heavy (non-hydrogen) atoms. The molecule has 0 saturated heterocycles. The topological polar surface area (TPSA) is 46.2 Å². The number of hydrogen-bond acceptors (Lipinski definition) is 3. The van der Waals surface area contributed by atoms with Crippen molar-refractivity contribution in [2.45, 2.75) is 24.3 Å². The molecular weight excluding hydrogens is 282 g/mol. The fourth-order valence-corrected chi connectivity index (χ4v) is 2.98. The Morgan fingerprint density at radius 3 is 2.14 bits per heavy atom. The van der Waals surface area contributed by atoms with Crippen molar-refractivity contribution in [1.29, 1.82) is 0 Å². The van der Waals surface area contributed by atoms with Gasteiger partial charge in [0.2, 0.25) is 0 Å². The van der Waals surface area contributed by atoms with Gasteiger partial charge in [0.1, 0.15) is 0 Å². The van der Waals surface area contributed by atoms with E-state index in [4.69, 9.17) is 0 Å². The van der Waals surface area contributed by atoms with E-state index < -0.39 is 9.84 Å². The first-order valence-corrected chi connectivity index (χ1v) is 8.97. The molecule has 112 valence electrons. The molecule has 0 spiro atoms. The zero-order valence-corrected chi connectivity index (χ0v) is 13.2. The summed E-state index contributed by atoms with van der Waals surface area (Å²) in [6, 6.07) is 17.7. The van der Waals surface area contributed by atoms with Crippen LogP contribution in [0.4, 0.5) is 0 Å². The van der Waals surface area contributed by atoms with Crippen molar-refractivity contribution < 1.29 is 8.42 Å². The van der Waals surface area contributed by atoms with Gasteiger partial charge in [-0.2, -0.15) is 0 Å². The average molecular weight is 303 g/mol. The maximum Gasteiger partial charge on any atom is 0.175 e. The van der Waals surface area contributed by atoms with Crippen LogP contribution in [-0.4, -0.2) is 21.2 Å². The van der Waals surface area contributed by atoms with Gasteiger partial charge in [0.25, 0.3) is 0 Å². The van der Waals surface area contributed by atoms with E-state index >= 15 is 0 Å². The molecule has 2 rings (SSSR count). The summed E-state index contributed by atoms with van der Waals surface area (Å²) in [5.74, 6) is 0. The van der Waals surface area contributed by atoms with Crippen molar-refractivity contribution >= 4 is 9.84 Å². The molecule has 1 atom stereocenters. The highest BCUT2D eigenvalue weighted by molar-refractivity contribution is 7.90. The van der Waals surface area contributed by atoms with Gasteiger partial charge in [0.05, 0.1) is 4.90 Å². The minimum Gasteiger partial charge on any atom is -0.310 e. The molecule has 0 aliphatic rings. The van der Waals surface area contributed by atoms with Gasteiger partial charge in [-0.1, -0.05) is 49.4 Å². The third kappa shape index (κ3) is 4.41. The molecule has 0 aliphatic heterocycles. The van der Waals surface area contributed by atoms with Crippen molar-refractivity contribution in [3.8, 4) is 0 Å². The standard InChI is InChI=1S/C17H21NO2S/c1-3-18-17(15-7-5-4-6-8-15)13-14-9-11-16(12-10-14)21(2,19)20/h4-12,17-18H,3,13H2,1-2H3. The lowest BCUT2D eigenvalue weighted by atomic mass is 9.99. The summed E-state index contributed by atoms with van der Waals surface area (Å²) in [5.41, 5.74) is 2.36. The van der Waals surface area contributed by atoms with Crippen molar-refractivity contribution in [2.24, 2.45) is 0 Å². The maximum absolute atomic E-state index is 11.5. The van der Waals surface area contributed by atoms with Crippen molar-refractivity contribution in [1.82, 2.24) is 5.32 Å². The molecule has 0 heterocycles. The molecule has 1 N–H and O–H groups in total. The van der Waals surface area contributed by atoms with Crippen LogP contribution >= 0.6 is 0 Å². The van der Waals surface area contributed by atoms with Crippen LogP contribution in [0.15, 0.2) is 59.5 Å². The molecule has 4 heteroatoms. The molecule has 1 unspecified atom stereocenters. The predicted molar refractivity (Wildman–Crippen MR) is 86.1 cm³/mol. The average Bonchev–Trinajstić information content (AvgIpc) is 2.47. The highest BCUT2D eigenvalue weighted by Crippen LogP contribution is 2.19. The normalized spacial score (nSPS) is 13.0. The molecule has 2 aromatic carbocycles. The lowest BCUT2D eigenvalue weighted by molar-refractivity contribution is 0.549. The van der Waals surface area contributed by atoms with E-state index in [1.54, 1.807) is 12.1 Å². The summed E-state index contributed by atoms with van der Waals surface area (Å²) < 4.78 is 23.0. The third-order valence-electron chi connectivity index (χ3n) is 3.44. The van der Waals surface area contributed by atoms with Crippen LogP contribution in [-0.2, 0) is 16.3 Å². The molecule has 0 saturated carbocycles. The zero-order chi connectivity index (χ0) is 15.3. The van der Waals surface area contributed by atoms with Crippen LogP contribution in [0, 0.1) is 0 Å². The summed E-state index contributed by atoms with van der Waals surface area (Å²) in [7, 11) is -3.13. The Hall–Kier alpha value is -1.65. The number of sulfone groups is 1. The smallest absolute Gasteiger partial charge is 0.175 e. The van der Waals surface area contributed by atoms with Gasteiger partial charge in [-0.25, -0.2) is 8.42 Å². The zero-order valence-electron chi connectivity index (χ0n) is 12.4. The molecule has 0 bridgehead atoms. The van der Waals surface area contributed by atoms with E-state index in [0.717, 1.165) is 18.5 Å². The second kappa shape index (κ2) is 6.87. The molecule has 0 radical (unpaired) electrons. The van der Waals surface area contributed by atoms with E-state index in [9.17, 15) is 8.42 Å². The second-order valence-corrected chi connectivity index (χ2v) is 7.16. The fourth-order valence-electron chi connectivity index (χ4n) is 2.35. The fraction of sp³-hybridized carbons (Fsp3) is 0.294. The largest absolute Gasteiger partial charge is 0.310 e. The Kier molecular flexibility index (Phi) is 5.15. The lowest BCUT2D eigenvalue weighted by Gasteiger charge is -2.18. The van der Waals surface area contributed by atoms with Crippen LogP contribution in [0.25, 0.3) is 0 Å². The van der Waals surface area contributed by atoms with Crippen LogP contribution < -0.4 is 5.32 Å². The number of likely N-dealkylation sites (N-methyl/N-ethyl adjacent to an activating group) is 1. The van der Waals surface area contributed by atoms with E-state index in [1.807, 2.05) is 30.3 Å². The van der Waals surface area contributed by atoms with Gasteiger partial charge in [-0.3, -0.25) is 0 Å². The SMILES string of the molecule is CCNC(Cc1ccc(S(C)(=O)=O)cc1)c1ccccc1. The molecule has 0 fully saturated rings. The van der Waals surface area contributed by atoms with Gasteiger partial charge in [0, 0.05) is 12.3 Å². The van der Waals surface area contributed by atoms with Crippen molar-refractivity contribution in [3.63, 3.8) is 0 Å². The summed E-state index contributed by atoms with van der Waals surface area (Å²) in [6.45, 7) is 2.98. The molecule has 0 aromatic heterocycles. The number of nitrogens with one attached hydrogen (secondary N) is 1. The first kappa shape index (κ1) is 15.7. The van der Waals surface area contributed by atoms with E-state index in [2.05, 4.69) is 24.4 Å². The number of rotatable bonds is 6. The highest BCUT2D eigenvalue weighted by Gasteiger charge is 2.12. The van der Waals surface area contributed by atoms with Crippen LogP contribution in [0.2, 0.25) is 0 Å². The number of benzene rings is 2. The van der Waals surface area contributed by atoms with E-state index in [1.165, 1.54) is 11.8 Å². The van der Waals surface area contributed by atoms with Gasteiger partial charge in [-0.05, 0) is 36.2 Å². The van der Waals surface area contributed by atoms with Crippen LogP contribution in [0.3, 0.4) is 0 Å². The Morgan fingerprint density at radius 2 is 1.62 bits per heavy atom. The minimum absolute atomic E-state index is 0.236. The van der Waals surface area contributed by atoms with Crippen molar-refractivity contribution in [2.75, 3.05) is 12.8 Å². The molecule has 2 aromatic rings. The summed E-state index contributed by atoms with van der Waals surface area (Å²) in [4.78, 5) is 0.367. The summed E-state index contributed by atoms with van der Waals surface area (Å²) in [5, 5.41) is 3.47. The second-order valence-electron chi connectivity index (χ2n) is 5.14. The Labute approximate surface area is 126 Å². The summed E-state index contributed by atoms with van der Waals surface area (Å²) >= 11 is 0. The minimum atomic E-state index is -3.13. The molecule has 3 nitrogen and oxygen atoms in total. The monoisotopic (exact) mass is 303 g/mol. The quantitative estimate of drug-likeness (QED) is 0.892. The van der Waals surface area contributed by atoms with E-state index in [-0.39, 0.29) is 6.04 Å². The Bertz CT molecular complexity index is 664. The molecular formula is C17H21NO2S. The highest BCUT2D eigenvalue weighted by atomic mass is 32.2. The van der Waals surface area contributed by atoms with Gasteiger partial charge in [-0.15, -0.1) is 0 Å². The Morgan fingerprint density at radius 1 is 1.00 bits per heavy atom. The van der Waals surface area contributed by atoms with E-state index in [0.29, 0.717) is 4.90 Å². The third-order valence-corrected chi connectivity index (χ3v) is 4.57. The lowest BCUT2D eigenvalue weighted by Crippen LogP contribution is -2.22. The summed E-state index contributed by atoms with van der Waals surface area (Å²) in [6.07, 6.45) is 2.06. The number of hydrogen-bond donors (Lipinski definition) is 1. The molecule has 0 amide bonds. The van der Waals surface area contributed by atoms with Crippen molar-refractivity contribution in [3.05, 3.63) is 65.7 Å². The maximum atomic E-state index is 11.5. The van der Waals surface area contributed by atoms with Gasteiger partial charge >= 0.3 is 0 Å². The van der Waals surface area contributed by atoms with Gasteiger partial charge in [0.15, 0.2) is 9.84 Å². The first-order valence-electron chi connectivity index (χ1n) is 7.08.